The summed E-state index contributed by atoms with van der Waals surface area (Å²) in [7, 11) is 0. The number of halogens is 3. The second-order valence-electron chi connectivity index (χ2n) is 5.05. The van der Waals surface area contributed by atoms with Crippen molar-refractivity contribution in [1.29, 1.82) is 0 Å². The zero-order valence-corrected chi connectivity index (χ0v) is 12.2. The normalized spacial score (nSPS) is 12.2. The molecule has 4 aromatic rings. The van der Waals surface area contributed by atoms with Crippen molar-refractivity contribution < 1.29 is 17.6 Å². The number of fused-ring (bicyclic) bond motifs is 2. The van der Waals surface area contributed by atoms with Crippen LogP contribution in [0.3, 0.4) is 0 Å². The van der Waals surface area contributed by atoms with E-state index < -0.39 is 12.0 Å². The number of aromatic nitrogens is 5. The van der Waals surface area contributed by atoms with Crippen LogP contribution in [0.5, 0.6) is 0 Å². The summed E-state index contributed by atoms with van der Waals surface area (Å²) in [6.45, 7) is 1.73. The second-order valence-corrected chi connectivity index (χ2v) is 5.05. The van der Waals surface area contributed by atoms with Crippen LogP contribution in [-0.2, 0) is 6.18 Å². The summed E-state index contributed by atoms with van der Waals surface area (Å²) >= 11 is 0. The molecule has 0 fully saturated rings. The average Bonchev–Trinajstić information content (AvgIpc) is 3.08. The van der Waals surface area contributed by atoms with Gasteiger partial charge >= 0.3 is 6.18 Å². The zero-order chi connectivity index (χ0) is 16.9. The van der Waals surface area contributed by atoms with E-state index in [0.29, 0.717) is 27.2 Å². The van der Waals surface area contributed by atoms with Crippen LogP contribution < -0.4 is 5.32 Å². The topological polar surface area (TPSA) is 81.1 Å². The van der Waals surface area contributed by atoms with Crippen LogP contribution >= 0.6 is 0 Å². The van der Waals surface area contributed by atoms with E-state index in [-0.39, 0.29) is 11.5 Å². The van der Waals surface area contributed by atoms with Gasteiger partial charge in [0.25, 0.3) is 5.82 Å². The highest BCUT2D eigenvalue weighted by Crippen LogP contribution is 2.28. The molecule has 0 aliphatic heterocycles. The summed E-state index contributed by atoms with van der Waals surface area (Å²) in [5.41, 5.74) is 1.89. The lowest BCUT2D eigenvalue weighted by atomic mass is 10.3. The number of hydrogen-bond donors (Lipinski definition) is 1. The monoisotopic (exact) mass is 334 g/mol. The highest BCUT2D eigenvalue weighted by Gasteiger charge is 2.37. The molecule has 10 heteroatoms. The molecule has 24 heavy (non-hydrogen) atoms. The molecule has 1 aromatic carbocycles. The Balaban J connectivity index is 1.72. The van der Waals surface area contributed by atoms with Gasteiger partial charge in [0, 0.05) is 12.6 Å². The van der Waals surface area contributed by atoms with Gasteiger partial charge in [-0.15, -0.1) is 15.3 Å². The molecule has 0 saturated heterocycles. The molecule has 0 radical (unpaired) electrons. The maximum absolute atomic E-state index is 12.9. The zero-order valence-electron chi connectivity index (χ0n) is 12.2. The Kier molecular flexibility index (Phi) is 2.95. The van der Waals surface area contributed by atoms with Gasteiger partial charge in [0.1, 0.15) is 5.52 Å². The van der Waals surface area contributed by atoms with Gasteiger partial charge in [0.2, 0.25) is 0 Å². The number of oxazole rings is 1. The Labute approximate surface area is 132 Å². The predicted molar refractivity (Wildman–Crippen MR) is 77.8 cm³/mol. The van der Waals surface area contributed by atoms with Crippen molar-refractivity contribution in [3.63, 3.8) is 0 Å². The van der Waals surface area contributed by atoms with Gasteiger partial charge in [-0.3, -0.25) is 0 Å². The van der Waals surface area contributed by atoms with Gasteiger partial charge in [0.05, 0.1) is 0 Å². The predicted octanol–water partition coefficient (Wildman–Crippen LogP) is 3.34. The van der Waals surface area contributed by atoms with Crippen molar-refractivity contribution in [2.45, 2.75) is 13.1 Å². The minimum absolute atomic E-state index is 0.00968. The van der Waals surface area contributed by atoms with Crippen molar-refractivity contribution >= 4 is 28.3 Å². The largest absolute Gasteiger partial charge is 0.453 e. The van der Waals surface area contributed by atoms with Crippen LogP contribution in [0.4, 0.5) is 24.7 Å². The standard InChI is InChI=1S/C14H9F3N6O/c1-7-18-9-6-8(2-3-10(9)24-7)19-11-4-5-12-20-21-13(14(15,16)17)23(12)22-11/h2-6H,1H3,(H,19,22). The Morgan fingerprint density at radius 2 is 1.96 bits per heavy atom. The molecular formula is C14H9F3N6O. The molecule has 0 aliphatic carbocycles. The number of alkyl halides is 3. The van der Waals surface area contributed by atoms with Crippen molar-refractivity contribution in [2.24, 2.45) is 0 Å². The molecule has 0 spiro atoms. The number of nitrogens with zero attached hydrogens (tertiary/aromatic N) is 5. The van der Waals surface area contributed by atoms with Gasteiger partial charge in [-0.05, 0) is 30.3 Å². The minimum Gasteiger partial charge on any atom is -0.441 e. The van der Waals surface area contributed by atoms with E-state index >= 15 is 0 Å². The Morgan fingerprint density at radius 1 is 1.12 bits per heavy atom. The van der Waals surface area contributed by atoms with E-state index in [2.05, 4.69) is 25.6 Å². The van der Waals surface area contributed by atoms with Gasteiger partial charge in [-0.1, -0.05) is 0 Å². The highest BCUT2D eigenvalue weighted by atomic mass is 19.4. The number of hydrogen-bond acceptors (Lipinski definition) is 6. The van der Waals surface area contributed by atoms with Gasteiger partial charge in [-0.25, -0.2) is 4.98 Å². The molecule has 4 rings (SSSR count). The Bertz CT molecular complexity index is 1050. The molecule has 0 amide bonds. The summed E-state index contributed by atoms with van der Waals surface area (Å²) in [4.78, 5) is 4.20. The molecule has 3 heterocycles. The minimum atomic E-state index is -4.64. The third-order valence-electron chi connectivity index (χ3n) is 3.28. The molecule has 0 atom stereocenters. The molecule has 0 aliphatic rings. The Hall–Kier alpha value is -3.17. The maximum atomic E-state index is 12.9. The molecule has 122 valence electrons. The first kappa shape index (κ1) is 14.4. The molecule has 1 N–H and O–H groups in total. The smallest absolute Gasteiger partial charge is 0.441 e. The fourth-order valence-corrected chi connectivity index (χ4v) is 2.30. The third kappa shape index (κ3) is 2.41. The van der Waals surface area contributed by atoms with Gasteiger partial charge in [-0.2, -0.15) is 17.7 Å². The van der Waals surface area contributed by atoms with E-state index in [1.807, 2.05) is 0 Å². The Morgan fingerprint density at radius 3 is 2.75 bits per heavy atom. The number of nitrogens with one attached hydrogen (secondary N) is 1. The SMILES string of the molecule is Cc1nc2cc(Nc3ccc4nnc(C(F)(F)F)n4n3)ccc2o1. The van der Waals surface area contributed by atoms with E-state index in [0.717, 1.165) is 0 Å². The lowest BCUT2D eigenvalue weighted by Gasteiger charge is -2.07. The van der Waals surface area contributed by atoms with Crippen molar-refractivity contribution in [3.05, 3.63) is 42.0 Å². The first-order chi connectivity index (χ1) is 11.4. The van der Waals surface area contributed by atoms with E-state index in [1.54, 1.807) is 25.1 Å². The van der Waals surface area contributed by atoms with Crippen LogP contribution in [0.15, 0.2) is 34.7 Å². The molecule has 3 aromatic heterocycles. The fourth-order valence-electron chi connectivity index (χ4n) is 2.30. The number of rotatable bonds is 2. The maximum Gasteiger partial charge on any atom is 0.453 e. The molecular weight excluding hydrogens is 325 g/mol. The van der Waals surface area contributed by atoms with Crippen LogP contribution in [-0.4, -0.2) is 24.8 Å². The molecule has 0 saturated carbocycles. The van der Waals surface area contributed by atoms with Crippen molar-refractivity contribution in [3.8, 4) is 0 Å². The van der Waals surface area contributed by atoms with Crippen LogP contribution in [0.2, 0.25) is 0 Å². The van der Waals surface area contributed by atoms with Crippen molar-refractivity contribution in [1.82, 2.24) is 24.8 Å². The van der Waals surface area contributed by atoms with E-state index in [1.165, 1.54) is 12.1 Å². The number of anilines is 2. The third-order valence-corrected chi connectivity index (χ3v) is 3.28. The lowest BCUT2D eigenvalue weighted by molar-refractivity contribution is -0.146. The summed E-state index contributed by atoms with van der Waals surface area (Å²) in [6, 6.07) is 8.07. The summed E-state index contributed by atoms with van der Waals surface area (Å²) in [5, 5.41) is 13.4. The summed E-state index contributed by atoms with van der Waals surface area (Å²) < 4.78 is 44.7. The lowest BCUT2D eigenvalue weighted by Crippen LogP contribution is -2.13. The number of aryl methyl sites for hydroxylation is 1. The van der Waals surface area contributed by atoms with Gasteiger partial charge in [0.15, 0.2) is 22.9 Å². The molecule has 7 nitrogen and oxygen atoms in total. The number of benzene rings is 1. The second kappa shape index (κ2) is 4.91. The quantitative estimate of drug-likeness (QED) is 0.605. The van der Waals surface area contributed by atoms with Gasteiger partial charge < -0.3 is 9.73 Å². The fraction of sp³-hybridized carbons (Fsp3) is 0.143. The molecule has 0 unspecified atom stereocenters. The average molecular weight is 334 g/mol. The van der Waals surface area contributed by atoms with Crippen LogP contribution in [0.25, 0.3) is 16.7 Å². The summed E-state index contributed by atoms with van der Waals surface area (Å²) in [6.07, 6.45) is -4.64. The van der Waals surface area contributed by atoms with Crippen molar-refractivity contribution in [2.75, 3.05) is 5.32 Å². The van der Waals surface area contributed by atoms with E-state index in [4.69, 9.17) is 4.42 Å². The summed E-state index contributed by atoms with van der Waals surface area (Å²) in [5.74, 6) is -0.433. The van der Waals surface area contributed by atoms with Crippen LogP contribution in [0, 0.1) is 6.92 Å². The van der Waals surface area contributed by atoms with Crippen LogP contribution in [0.1, 0.15) is 11.7 Å². The highest BCUT2D eigenvalue weighted by molar-refractivity contribution is 5.78. The first-order valence-corrected chi connectivity index (χ1v) is 6.84. The van der Waals surface area contributed by atoms with E-state index in [9.17, 15) is 13.2 Å². The molecule has 0 bridgehead atoms. The first-order valence-electron chi connectivity index (χ1n) is 6.84.